The van der Waals surface area contributed by atoms with Crippen LogP contribution in [0.5, 0.6) is 0 Å². The van der Waals surface area contributed by atoms with E-state index in [1.165, 1.54) is 0 Å². The molecule has 0 aliphatic heterocycles. The van der Waals surface area contributed by atoms with Gasteiger partial charge in [0.2, 0.25) is 0 Å². The summed E-state index contributed by atoms with van der Waals surface area (Å²) in [4.78, 5) is 13.8. The Balaban J connectivity index is 2.21. The van der Waals surface area contributed by atoms with Crippen molar-refractivity contribution in [2.45, 2.75) is 18.8 Å². The van der Waals surface area contributed by atoms with Gasteiger partial charge >= 0.3 is 0 Å². The predicted molar refractivity (Wildman–Crippen MR) is 80.2 cm³/mol. The molecule has 0 saturated heterocycles. The molecule has 1 unspecified atom stereocenters. The third-order valence-electron chi connectivity index (χ3n) is 3.73. The Morgan fingerprint density at radius 1 is 1.45 bits per heavy atom. The van der Waals surface area contributed by atoms with Crippen LogP contribution in [0.2, 0.25) is 0 Å². The Hall–Kier alpha value is -2.18. The number of carbonyl (C=O) groups is 1. The van der Waals surface area contributed by atoms with Crippen LogP contribution in [0.3, 0.4) is 0 Å². The second kappa shape index (κ2) is 5.07. The molecule has 0 N–H and O–H groups in total. The van der Waals surface area contributed by atoms with Crippen LogP contribution in [0.4, 0.5) is 0 Å². The van der Waals surface area contributed by atoms with Crippen molar-refractivity contribution >= 4 is 17.1 Å². The van der Waals surface area contributed by atoms with Crippen molar-refractivity contribution in [3.63, 3.8) is 0 Å². The number of benzene rings is 1. The molecule has 2 nitrogen and oxygen atoms in total. The van der Waals surface area contributed by atoms with E-state index in [1.54, 1.807) is 17.4 Å². The number of rotatable bonds is 2. The first kappa shape index (κ1) is 12.8. The average Bonchev–Trinajstić information content (AvgIpc) is 2.89. The highest BCUT2D eigenvalue weighted by Crippen LogP contribution is 2.36. The van der Waals surface area contributed by atoms with Gasteiger partial charge in [0.05, 0.1) is 17.6 Å². The zero-order valence-electron chi connectivity index (χ0n) is 10.9. The number of Topliss-reactive ketones (excluding diaryl/α,β-unsaturated/α-hetero) is 1. The molecule has 20 heavy (non-hydrogen) atoms. The summed E-state index contributed by atoms with van der Waals surface area (Å²) >= 11 is 1.62. The fourth-order valence-electron chi connectivity index (χ4n) is 2.75. The zero-order valence-corrected chi connectivity index (χ0v) is 11.7. The Bertz CT molecular complexity index is 736. The molecule has 1 aliphatic rings. The SMILES string of the molecule is C=CCC1C(=O)c2ccsc2Cc2ccc(C#N)cc21. The zero-order chi connectivity index (χ0) is 14.1. The molecule has 98 valence electrons. The van der Waals surface area contributed by atoms with E-state index in [9.17, 15) is 4.79 Å². The fourth-order valence-corrected chi connectivity index (χ4v) is 3.65. The molecule has 1 atom stereocenters. The highest BCUT2D eigenvalue weighted by Gasteiger charge is 2.29. The largest absolute Gasteiger partial charge is 0.293 e. The highest BCUT2D eigenvalue weighted by atomic mass is 32.1. The monoisotopic (exact) mass is 279 g/mol. The van der Waals surface area contributed by atoms with E-state index in [-0.39, 0.29) is 11.7 Å². The molecule has 3 heteroatoms. The normalized spacial score (nSPS) is 16.8. The summed E-state index contributed by atoms with van der Waals surface area (Å²) in [5.41, 5.74) is 3.56. The van der Waals surface area contributed by atoms with Gasteiger partial charge < -0.3 is 0 Å². The van der Waals surface area contributed by atoms with Crippen LogP contribution in [0.1, 0.15) is 44.3 Å². The average molecular weight is 279 g/mol. The van der Waals surface area contributed by atoms with Gasteiger partial charge in [0, 0.05) is 16.9 Å². The van der Waals surface area contributed by atoms with E-state index in [2.05, 4.69) is 12.6 Å². The van der Waals surface area contributed by atoms with Gasteiger partial charge in [-0.25, -0.2) is 0 Å². The Morgan fingerprint density at radius 2 is 2.30 bits per heavy atom. The van der Waals surface area contributed by atoms with Gasteiger partial charge in [-0.05, 0) is 41.1 Å². The van der Waals surface area contributed by atoms with Crippen molar-refractivity contribution in [3.8, 4) is 6.07 Å². The standard InChI is InChI=1S/C17H13NOS/c1-2-3-13-15-8-11(10-18)4-5-12(15)9-16-14(17(13)19)6-7-20-16/h2,4-8,13H,1,3,9H2. The van der Waals surface area contributed by atoms with E-state index in [0.717, 1.165) is 28.0 Å². The summed E-state index contributed by atoms with van der Waals surface area (Å²) in [5.74, 6) is -0.0679. The summed E-state index contributed by atoms with van der Waals surface area (Å²) in [7, 11) is 0. The van der Waals surface area contributed by atoms with Crippen LogP contribution >= 0.6 is 11.3 Å². The minimum Gasteiger partial charge on any atom is -0.293 e. The first-order valence-corrected chi connectivity index (χ1v) is 7.37. The predicted octanol–water partition coefficient (Wildman–Crippen LogP) is 4.07. The van der Waals surface area contributed by atoms with Crippen LogP contribution in [0.15, 0.2) is 42.3 Å². The van der Waals surface area contributed by atoms with E-state index < -0.39 is 0 Å². The highest BCUT2D eigenvalue weighted by molar-refractivity contribution is 7.10. The molecule has 0 saturated carbocycles. The maximum Gasteiger partial charge on any atom is 0.171 e. The minimum absolute atomic E-state index is 0.148. The molecule has 0 bridgehead atoms. The second-order valence-electron chi connectivity index (χ2n) is 4.90. The van der Waals surface area contributed by atoms with Crippen LogP contribution in [-0.2, 0) is 6.42 Å². The number of nitrogens with zero attached hydrogens (tertiary/aromatic N) is 1. The number of thiophene rings is 1. The number of allylic oxidation sites excluding steroid dienone is 1. The van der Waals surface area contributed by atoms with E-state index in [1.807, 2.05) is 29.6 Å². The summed E-state index contributed by atoms with van der Waals surface area (Å²) in [6, 6.07) is 9.73. The van der Waals surface area contributed by atoms with Gasteiger partial charge in [-0.2, -0.15) is 5.26 Å². The molecular weight excluding hydrogens is 266 g/mol. The number of hydrogen-bond acceptors (Lipinski definition) is 3. The Morgan fingerprint density at radius 3 is 3.05 bits per heavy atom. The summed E-state index contributed by atoms with van der Waals surface area (Å²) in [6.45, 7) is 3.76. The molecule has 0 spiro atoms. The van der Waals surface area contributed by atoms with Crippen LogP contribution in [0.25, 0.3) is 0 Å². The van der Waals surface area contributed by atoms with Gasteiger partial charge in [0.15, 0.2) is 5.78 Å². The molecule has 1 heterocycles. The second-order valence-corrected chi connectivity index (χ2v) is 5.90. The van der Waals surface area contributed by atoms with E-state index >= 15 is 0 Å². The maximum absolute atomic E-state index is 12.7. The molecule has 1 aliphatic carbocycles. The van der Waals surface area contributed by atoms with Crippen LogP contribution in [0, 0.1) is 11.3 Å². The van der Waals surface area contributed by atoms with Crippen molar-refractivity contribution in [1.82, 2.24) is 0 Å². The van der Waals surface area contributed by atoms with Crippen LogP contribution in [-0.4, -0.2) is 5.78 Å². The van der Waals surface area contributed by atoms with Gasteiger partial charge in [-0.3, -0.25) is 4.79 Å². The molecule has 0 radical (unpaired) electrons. The Kier molecular flexibility index (Phi) is 3.25. The third-order valence-corrected chi connectivity index (χ3v) is 4.65. The lowest BCUT2D eigenvalue weighted by Crippen LogP contribution is -2.12. The maximum atomic E-state index is 12.7. The van der Waals surface area contributed by atoms with Gasteiger partial charge in [-0.1, -0.05) is 12.1 Å². The number of nitriles is 1. The Labute approximate surface area is 122 Å². The van der Waals surface area contributed by atoms with Crippen molar-refractivity contribution in [1.29, 1.82) is 5.26 Å². The summed E-state index contributed by atoms with van der Waals surface area (Å²) < 4.78 is 0. The first-order chi connectivity index (χ1) is 9.74. The van der Waals surface area contributed by atoms with Gasteiger partial charge in [-0.15, -0.1) is 17.9 Å². The van der Waals surface area contributed by atoms with Crippen molar-refractivity contribution in [3.05, 3.63) is 69.4 Å². The molecule has 0 amide bonds. The van der Waals surface area contributed by atoms with Crippen molar-refractivity contribution in [2.75, 3.05) is 0 Å². The van der Waals surface area contributed by atoms with Crippen molar-refractivity contribution < 1.29 is 4.79 Å². The summed E-state index contributed by atoms with van der Waals surface area (Å²) in [5, 5.41) is 11.0. The van der Waals surface area contributed by atoms with Gasteiger partial charge in [0.1, 0.15) is 0 Å². The first-order valence-electron chi connectivity index (χ1n) is 6.49. The molecule has 0 fully saturated rings. The smallest absolute Gasteiger partial charge is 0.171 e. The molecule has 2 aromatic rings. The molecular formula is C17H13NOS. The number of ketones is 1. The van der Waals surface area contributed by atoms with Crippen LogP contribution < -0.4 is 0 Å². The number of hydrogen-bond donors (Lipinski definition) is 0. The lowest BCUT2D eigenvalue weighted by molar-refractivity contribution is 0.0961. The lowest BCUT2D eigenvalue weighted by Gasteiger charge is -2.15. The molecule has 1 aromatic heterocycles. The topological polar surface area (TPSA) is 40.9 Å². The van der Waals surface area contributed by atoms with Gasteiger partial charge in [0.25, 0.3) is 0 Å². The lowest BCUT2D eigenvalue weighted by atomic mass is 9.87. The minimum atomic E-state index is -0.216. The molecule has 1 aromatic carbocycles. The number of fused-ring (bicyclic) bond motifs is 2. The van der Waals surface area contributed by atoms with E-state index in [4.69, 9.17) is 5.26 Å². The fraction of sp³-hybridized carbons (Fsp3) is 0.176. The van der Waals surface area contributed by atoms with E-state index in [0.29, 0.717) is 12.0 Å². The quantitative estimate of drug-likeness (QED) is 0.778. The van der Waals surface area contributed by atoms with Crippen molar-refractivity contribution in [2.24, 2.45) is 0 Å². The molecule has 3 rings (SSSR count). The number of carbonyl (C=O) groups excluding carboxylic acids is 1. The summed E-state index contributed by atoms with van der Waals surface area (Å²) in [6.07, 6.45) is 3.16. The third kappa shape index (κ3) is 1.99.